The fraction of sp³-hybridized carbons (Fsp3) is 0.120. The van der Waals surface area contributed by atoms with E-state index in [1.807, 2.05) is 6.92 Å². The molecule has 0 heterocycles. The number of rotatable bonds is 8. The van der Waals surface area contributed by atoms with Crippen molar-refractivity contribution in [3.05, 3.63) is 95.6 Å². The molecule has 0 unspecified atom stereocenters. The summed E-state index contributed by atoms with van der Waals surface area (Å²) in [6.07, 6.45) is 3.22. The van der Waals surface area contributed by atoms with Gasteiger partial charge in [0.05, 0.1) is 19.3 Å². The Hall–Kier alpha value is -3.86. The maximum Gasteiger partial charge on any atom is 0.343 e. The van der Waals surface area contributed by atoms with E-state index in [1.165, 1.54) is 6.08 Å². The molecule has 0 aliphatic carbocycles. The highest BCUT2D eigenvalue weighted by atomic mass is 16.5. The predicted octanol–water partition coefficient (Wildman–Crippen LogP) is 5.21. The molecule has 3 aromatic carbocycles. The zero-order valence-corrected chi connectivity index (χ0v) is 16.8. The number of esters is 1. The first kappa shape index (κ1) is 20.9. The smallest absolute Gasteiger partial charge is 0.343 e. The minimum Gasteiger partial charge on any atom is -0.497 e. The number of benzene rings is 3. The standard InChI is InChI=1S/C25H22O5/c1-3-29-22-15-9-20(10-16-22)25(27)30-23-11-4-18(5-12-23)6-17-24(26)19-7-13-21(28-2)14-8-19/h4-17H,3H2,1-2H3/b17-6+. The SMILES string of the molecule is CCOc1ccc(C(=O)Oc2ccc(/C=C/C(=O)c3ccc(OC)cc3)cc2)cc1. The maximum absolute atomic E-state index is 12.3. The lowest BCUT2D eigenvalue weighted by atomic mass is 10.1. The van der Waals surface area contributed by atoms with Gasteiger partial charge in [0, 0.05) is 5.56 Å². The Morgan fingerprint density at radius 3 is 1.93 bits per heavy atom. The summed E-state index contributed by atoms with van der Waals surface area (Å²) in [5, 5.41) is 0. The van der Waals surface area contributed by atoms with Gasteiger partial charge in [-0.25, -0.2) is 4.79 Å². The van der Waals surface area contributed by atoms with E-state index in [4.69, 9.17) is 14.2 Å². The first-order chi connectivity index (χ1) is 14.6. The number of ether oxygens (including phenoxy) is 3. The first-order valence-electron chi connectivity index (χ1n) is 9.50. The number of methoxy groups -OCH3 is 1. The molecule has 30 heavy (non-hydrogen) atoms. The van der Waals surface area contributed by atoms with Gasteiger partial charge in [0.25, 0.3) is 0 Å². The van der Waals surface area contributed by atoms with Gasteiger partial charge in [-0.05, 0) is 79.2 Å². The number of hydrogen-bond acceptors (Lipinski definition) is 5. The van der Waals surface area contributed by atoms with Crippen LogP contribution in [0, 0.1) is 0 Å². The van der Waals surface area contributed by atoms with Gasteiger partial charge in [0.2, 0.25) is 0 Å². The van der Waals surface area contributed by atoms with Crippen LogP contribution in [0.4, 0.5) is 0 Å². The predicted molar refractivity (Wildman–Crippen MR) is 115 cm³/mol. The van der Waals surface area contributed by atoms with Crippen LogP contribution < -0.4 is 14.2 Å². The summed E-state index contributed by atoms with van der Waals surface area (Å²) < 4.78 is 15.8. The zero-order chi connectivity index (χ0) is 21.3. The lowest BCUT2D eigenvalue weighted by Crippen LogP contribution is -2.08. The van der Waals surface area contributed by atoms with Crippen molar-refractivity contribution >= 4 is 17.8 Å². The zero-order valence-electron chi connectivity index (χ0n) is 16.8. The Morgan fingerprint density at radius 1 is 0.767 bits per heavy atom. The highest BCUT2D eigenvalue weighted by Gasteiger charge is 2.09. The van der Waals surface area contributed by atoms with E-state index in [9.17, 15) is 9.59 Å². The van der Waals surface area contributed by atoms with Crippen molar-refractivity contribution < 1.29 is 23.8 Å². The van der Waals surface area contributed by atoms with Crippen molar-refractivity contribution in [1.29, 1.82) is 0 Å². The van der Waals surface area contributed by atoms with Gasteiger partial charge in [0.15, 0.2) is 5.78 Å². The van der Waals surface area contributed by atoms with E-state index in [2.05, 4.69) is 0 Å². The topological polar surface area (TPSA) is 61.8 Å². The molecule has 0 spiro atoms. The molecule has 0 radical (unpaired) electrons. The largest absolute Gasteiger partial charge is 0.497 e. The Bertz CT molecular complexity index is 1020. The van der Waals surface area contributed by atoms with E-state index in [1.54, 1.807) is 86.0 Å². The summed E-state index contributed by atoms with van der Waals surface area (Å²) in [4.78, 5) is 24.5. The minimum absolute atomic E-state index is 0.108. The minimum atomic E-state index is -0.448. The Labute approximate surface area is 175 Å². The number of allylic oxidation sites excluding steroid dienone is 1. The second kappa shape index (κ2) is 10.1. The van der Waals surface area contributed by atoms with Crippen LogP contribution in [0.15, 0.2) is 78.9 Å². The molecule has 3 rings (SSSR count). The third kappa shape index (κ3) is 5.58. The van der Waals surface area contributed by atoms with E-state index < -0.39 is 5.97 Å². The average Bonchev–Trinajstić information content (AvgIpc) is 2.79. The number of hydrogen-bond donors (Lipinski definition) is 0. The molecule has 152 valence electrons. The highest BCUT2D eigenvalue weighted by Crippen LogP contribution is 2.18. The fourth-order valence-electron chi connectivity index (χ4n) is 2.69. The molecule has 3 aromatic rings. The van der Waals surface area contributed by atoms with Crippen LogP contribution in [0.3, 0.4) is 0 Å². The van der Waals surface area contributed by atoms with Gasteiger partial charge in [-0.1, -0.05) is 18.2 Å². The lowest BCUT2D eigenvalue weighted by Gasteiger charge is -2.06. The summed E-state index contributed by atoms with van der Waals surface area (Å²) in [6, 6.07) is 20.6. The lowest BCUT2D eigenvalue weighted by molar-refractivity contribution is 0.0734. The molecule has 0 amide bonds. The molecule has 0 bridgehead atoms. The van der Waals surface area contributed by atoms with Gasteiger partial charge in [0.1, 0.15) is 17.2 Å². The van der Waals surface area contributed by atoms with E-state index in [0.29, 0.717) is 35.0 Å². The number of ketones is 1. The van der Waals surface area contributed by atoms with Gasteiger partial charge < -0.3 is 14.2 Å². The summed E-state index contributed by atoms with van der Waals surface area (Å²) in [5.74, 6) is 1.27. The molecular weight excluding hydrogens is 380 g/mol. The van der Waals surface area contributed by atoms with Crippen LogP contribution in [0.2, 0.25) is 0 Å². The maximum atomic E-state index is 12.3. The van der Waals surface area contributed by atoms with Gasteiger partial charge >= 0.3 is 5.97 Å². The number of carbonyl (C=O) groups is 2. The Kier molecular flexibility index (Phi) is 7.00. The van der Waals surface area contributed by atoms with Crippen molar-refractivity contribution in [3.8, 4) is 17.2 Å². The van der Waals surface area contributed by atoms with Crippen LogP contribution in [0.5, 0.6) is 17.2 Å². The Morgan fingerprint density at radius 2 is 1.33 bits per heavy atom. The molecule has 5 heteroatoms. The summed E-state index contributed by atoms with van der Waals surface area (Å²) in [6.45, 7) is 2.46. The molecular formula is C25H22O5. The van der Waals surface area contributed by atoms with E-state index in [-0.39, 0.29) is 5.78 Å². The second-order valence-corrected chi connectivity index (χ2v) is 6.34. The van der Waals surface area contributed by atoms with Crippen LogP contribution >= 0.6 is 0 Å². The molecule has 0 saturated heterocycles. The molecule has 0 saturated carbocycles. The quantitative estimate of drug-likeness (QED) is 0.224. The van der Waals surface area contributed by atoms with Gasteiger partial charge in [-0.3, -0.25) is 4.79 Å². The van der Waals surface area contributed by atoms with Crippen molar-refractivity contribution in [2.45, 2.75) is 6.92 Å². The molecule has 5 nitrogen and oxygen atoms in total. The van der Waals surface area contributed by atoms with Crippen LogP contribution in [0.1, 0.15) is 33.2 Å². The number of carbonyl (C=O) groups excluding carboxylic acids is 2. The molecule has 0 aliphatic rings. The molecule has 0 aromatic heterocycles. The van der Waals surface area contributed by atoms with Crippen LogP contribution in [0.25, 0.3) is 6.08 Å². The molecule has 0 fully saturated rings. The van der Waals surface area contributed by atoms with Crippen LogP contribution in [-0.2, 0) is 0 Å². The third-order valence-corrected chi connectivity index (χ3v) is 4.29. The van der Waals surface area contributed by atoms with Gasteiger partial charge in [-0.15, -0.1) is 0 Å². The van der Waals surface area contributed by atoms with Crippen molar-refractivity contribution in [2.24, 2.45) is 0 Å². The monoisotopic (exact) mass is 402 g/mol. The summed E-state index contributed by atoms with van der Waals surface area (Å²) in [5.41, 5.74) is 1.83. The van der Waals surface area contributed by atoms with E-state index in [0.717, 1.165) is 5.56 Å². The summed E-state index contributed by atoms with van der Waals surface area (Å²) in [7, 11) is 1.58. The first-order valence-corrected chi connectivity index (χ1v) is 9.50. The summed E-state index contributed by atoms with van der Waals surface area (Å²) >= 11 is 0. The molecule has 0 aliphatic heterocycles. The molecule has 0 N–H and O–H groups in total. The fourth-order valence-corrected chi connectivity index (χ4v) is 2.69. The highest BCUT2D eigenvalue weighted by molar-refractivity contribution is 6.06. The van der Waals surface area contributed by atoms with Crippen molar-refractivity contribution in [3.63, 3.8) is 0 Å². The van der Waals surface area contributed by atoms with Crippen LogP contribution in [-0.4, -0.2) is 25.5 Å². The van der Waals surface area contributed by atoms with Crippen molar-refractivity contribution in [1.82, 2.24) is 0 Å². The third-order valence-electron chi connectivity index (χ3n) is 4.29. The van der Waals surface area contributed by atoms with E-state index >= 15 is 0 Å². The Balaban J connectivity index is 1.59. The van der Waals surface area contributed by atoms with Gasteiger partial charge in [-0.2, -0.15) is 0 Å². The normalized spacial score (nSPS) is 10.6. The van der Waals surface area contributed by atoms with Crippen molar-refractivity contribution in [2.75, 3.05) is 13.7 Å². The average molecular weight is 402 g/mol. The molecule has 0 atom stereocenters. The second-order valence-electron chi connectivity index (χ2n) is 6.34.